The maximum absolute atomic E-state index is 6.13. The summed E-state index contributed by atoms with van der Waals surface area (Å²) in [6.45, 7) is 2.05. The highest BCUT2D eigenvalue weighted by molar-refractivity contribution is 5.91. The van der Waals surface area contributed by atoms with Crippen LogP contribution in [0.4, 0.5) is 0 Å². The molecule has 0 unspecified atom stereocenters. The van der Waals surface area contributed by atoms with Crippen LogP contribution < -0.4 is 0 Å². The molecule has 4 heteroatoms. The van der Waals surface area contributed by atoms with E-state index in [0.717, 1.165) is 38.5 Å². The molecule has 3 aromatic heterocycles. The van der Waals surface area contributed by atoms with E-state index < -0.39 is 0 Å². The molecule has 6 rings (SSSR count). The lowest BCUT2D eigenvalue weighted by molar-refractivity contribution is 0.619. The van der Waals surface area contributed by atoms with Crippen molar-refractivity contribution in [3.8, 4) is 22.9 Å². The molecule has 3 heterocycles. The highest BCUT2D eigenvalue weighted by Gasteiger charge is 2.20. The number of rotatable bonds is 2. The number of furan rings is 2. The first-order valence-corrected chi connectivity index (χ1v) is 9.51. The molecule has 0 atom stereocenters. The summed E-state index contributed by atoms with van der Waals surface area (Å²) in [7, 11) is 0. The molecule has 0 fully saturated rings. The quantitative estimate of drug-likeness (QED) is 0.335. The number of nitrogens with zero attached hydrogens (tertiary/aromatic N) is 2. The molecule has 0 N–H and O–H groups in total. The Morgan fingerprint density at radius 1 is 0.586 bits per heavy atom. The van der Waals surface area contributed by atoms with Crippen LogP contribution in [0.15, 0.2) is 87.7 Å². The van der Waals surface area contributed by atoms with Crippen LogP contribution in [-0.4, -0.2) is 9.97 Å². The van der Waals surface area contributed by atoms with Gasteiger partial charge < -0.3 is 8.83 Å². The number of fused-ring (bicyclic) bond motifs is 3. The fraction of sp³-hybridized carbons (Fsp3) is 0.0400. The number of hydrogen-bond acceptors (Lipinski definition) is 4. The fourth-order valence-electron chi connectivity index (χ4n) is 3.71. The third-order valence-electron chi connectivity index (χ3n) is 5.14. The molecule has 4 nitrogen and oxygen atoms in total. The topological polar surface area (TPSA) is 52.1 Å². The van der Waals surface area contributed by atoms with Crippen molar-refractivity contribution in [2.24, 2.45) is 0 Å². The van der Waals surface area contributed by atoms with Gasteiger partial charge in [-0.05, 0) is 48.9 Å². The van der Waals surface area contributed by atoms with E-state index in [9.17, 15) is 0 Å². The lowest BCUT2D eigenvalue weighted by atomic mass is 10.1. The first kappa shape index (κ1) is 16.1. The van der Waals surface area contributed by atoms with Gasteiger partial charge in [0.05, 0.1) is 11.0 Å². The Morgan fingerprint density at radius 3 is 1.72 bits per heavy atom. The second-order valence-electron chi connectivity index (χ2n) is 7.21. The van der Waals surface area contributed by atoms with Gasteiger partial charge in [-0.3, -0.25) is 0 Å². The third kappa shape index (κ3) is 2.61. The summed E-state index contributed by atoms with van der Waals surface area (Å²) in [5.74, 6) is 1.36. The molecule has 0 amide bonds. The predicted molar refractivity (Wildman–Crippen MR) is 115 cm³/mol. The smallest absolute Gasteiger partial charge is 0.156 e. The molecule has 6 aromatic rings. The summed E-state index contributed by atoms with van der Waals surface area (Å²) in [6.07, 6.45) is 0. The van der Waals surface area contributed by atoms with E-state index in [2.05, 4.69) is 6.92 Å². The van der Waals surface area contributed by atoms with Crippen LogP contribution in [0.1, 0.15) is 5.56 Å². The van der Waals surface area contributed by atoms with Crippen molar-refractivity contribution in [2.75, 3.05) is 0 Å². The first-order valence-electron chi connectivity index (χ1n) is 9.51. The standard InChI is InChI=1S/C25H16N2O2/c1-15-10-11-18-19(12-15)27-25(23-14-17-7-3-5-9-21(17)29-23)24(26-18)22-13-16-6-2-4-8-20(16)28-22/h2-14H,1H3. The van der Waals surface area contributed by atoms with Gasteiger partial charge in [0.15, 0.2) is 11.5 Å². The van der Waals surface area contributed by atoms with Gasteiger partial charge in [0.1, 0.15) is 22.6 Å². The molecule has 0 aliphatic rings. The summed E-state index contributed by atoms with van der Waals surface area (Å²) < 4.78 is 12.2. The summed E-state index contributed by atoms with van der Waals surface area (Å²) in [5, 5.41) is 2.06. The summed E-state index contributed by atoms with van der Waals surface area (Å²) in [5.41, 5.74) is 5.80. The lowest BCUT2D eigenvalue weighted by Gasteiger charge is -2.07. The number of hydrogen-bond donors (Lipinski definition) is 0. The lowest BCUT2D eigenvalue weighted by Crippen LogP contribution is -1.94. The van der Waals surface area contributed by atoms with Gasteiger partial charge >= 0.3 is 0 Å². The Bertz CT molecular complexity index is 1460. The van der Waals surface area contributed by atoms with Crippen molar-refractivity contribution >= 4 is 33.0 Å². The van der Waals surface area contributed by atoms with Crippen LogP contribution in [0.3, 0.4) is 0 Å². The summed E-state index contributed by atoms with van der Waals surface area (Å²) in [4.78, 5) is 9.84. The molecule has 0 radical (unpaired) electrons. The second-order valence-corrected chi connectivity index (χ2v) is 7.21. The van der Waals surface area contributed by atoms with E-state index in [4.69, 9.17) is 18.8 Å². The van der Waals surface area contributed by atoms with Crippen molar-refractivity contribution in [3.05, 3.63) is 84.4 Å². The highest BCUT2D eigenvalue weighted by atomic mass is 16.3. The van der Waals surface area contributed by atoms with Gasteiger partial charge in [-0.2, -0.15) is 0 Å². The Labute approximate surface area is 166 Å². The number of aryl methyl sites for hydroxylation is 1. The van der Waals surface area contributed by atoms with Gasteiger partial charge in [-0.1, -0.05) is 42.5 Å². The predicted octanol–water partition coefficient (Wildman–Crippen LogP) is 6.76. The van der Waals surface area contributed by atoms with Crippen LogP contribution in [0, 0.1) is 6.92 Å². The summed E-state index contributed by atoms with van der Waals surface area (Å²) in [6, 6.07) is 26.0. The fourth-order valence-corrected chi connectivity index (χ4v) is 3.71. The monoisotopic (exact) mass is 376 g/mol. The van der Waals surface area contributed by atoms with Crippen molar-refractivity contribution in [2.45, 2.75) is 6.92 Å². The van der Waals surface area contributed by atoms with Crippen molar-refractivity contribution in [1.29, 1.82) is 0 Å². The second kappa shape index (κ2) is 6.04. The number of aromatic nitrogens is 2. The zero-order valence-electron chi connectivity index (χ0n) is 15.7. The maximum atomic E-state index is 6.13. The maximum Gasteiger partial charge on any atom is 0.156 e. The molecule has 0 bridgehead atoms. The van der Waals surface area contributed by atoms with Gasteiger partial charge in [0.25, 0.3) is 0 Å². The average Bonchev–Trinajstić information content (AvgIpc) is 3.36. The van der Waals surface area contributed by atoms with Crippen LogP contribution in [0.25, 0.3) is 55.9 Å². The minimum absolute atomic E-state index is 0.677. The zero-order valence-corrected chi connectivity index (χ0v) is 15.7. The van der Waals surface area contributed by atoms with Gasteiger partial charge in [0.2, 0.25) is 0 Å². The van der Waals surface area contributed by atoms with Crippen molar-refractivity contribution in [3.63, 3.8) is 0 Å². The molecule has 29 heavy (non-hydrogen) atoms. The molecule has 0 saturated carbocycles. The Hall–Kier alpha value is -3.92. The minimum atomic E-state index is 0.677. The first-order chi connectivity index (χ1) is 14.2. The van der Waals surface area contributed by atoms with E-state index in [-0.39, 0.29) is 0 Å². The van der Waals surface area contributed by atoms with Gasteiger partial charge in [0, 0.05) is 10.8 Å². The van der Waals surface area contributed by atoms with E-state index in [1.807, 2.05) is 78.9 Å². The van der Waals surface area contributed by atoms with E-state index in [0.29, 0.717) is 22.9 Å². The van der Waals surface area contributed by atoms with Gasteiger partial charge in [-0.15, -0.1) is 0 Å². The Morgan fingerprint density at radius 2 is 1.14 bits per heavy atom. The molecule has 0 saturated heterocycles. The van der Waals surface area contributed by atoms with Crippen molar-refractivity contribution in [1.82, 2.24) is 9.97 Å². The van der Waals surface area contributed by atoms with Crippen molar-refractivity contribution < 1.29 is 8.83 Å². The van der Waals surface area contributed by atoms with Crippen LogP contribution in [0.5, 0.6) is 0 Å². The van der Waals surface area contributed by atoms with Crippen LogP contribution in [-0.2, 0) is 0 Å². The molecule has 0 aliphatic carbocycles. The zero-order chi connectivity index (χ0) is 19.4. The van der Waals surface area contributed by atoms with E-state index in [1.54, 1.807) is 0 Å². The molecular formula is C25H16N2O2. The Kier molecular flexibility index (Phi) is 3.35. The van der Waals surface area contributed by atoms with Crippen LogP contribution >= 0.6 is 0 Å². The highest BCUT2D eigenvalue weighted by Crippen LogP contribution is 2.36. The number of benzene rings is 3. The van der Waals surface area contributed by atoms with Crippen LogP contribution in [0.2, 0.25) is 0 Å². The third-order valence-corrected chi connectivity index (χ3v) is 5.14. The normalized spacial score (nSPS) is 11.6. The Balaban J connectivity index is 1.67. The number of para-hydroxylation sites is 2. The molecule has 138 valence electrons. The largest absolute Gasteiger partial charge is 0.454 e. The van der Waals surface area contributed by atoms with E-state index >= 15 is 0 Å². The van der Waals surface area contributed by atoms with E-state index in [1.165, 1.54) is 0 Å². The molecule has 0 aliphatic heterocycles. The molecule has 3 aromatic carbocycles. The minimum Gasteiger partial charge on any atom is -0.454 e. The molecular weight excluding hydrogens is 360 g/mol. The molecule has 0 spiro atoms. The van der Waals surface area contributed by atoms with Gasteiger partial charge in [-0.25, -0.2) is 9.97 Å². The SMILES string of the molecule is Cc1ccc2nc(-c3cc4ccccc4o3)c(-c3cc4ccccc4o3)nc2c1. The average molecular weight is 376 g/mol. The summed E-state index contributed by atoms with van der Waals surface area (Å²) >= 11 is 0.